The average molecular weight is 650 g/mol. The van der Waals surface area contributed by atoms with Crippen molar-refractivity contribution in [3.8, 4) is 56.4 Å². The lowest BCUT2D eigenvalue weighted by atomic mass is 9.35. The van der Waals surface area contributed by atoms with Gasteiger partial charge in [-0.25, -0.2) is 0 Å². The highest BCUT2D eigenvalue weighted by Gasteiger charge is 2.40. The van der Waals surface area contributed by atoms with E-state index in [4.69, 9.17) is 10.8 Å². The summed E-state index contributed by atoms with van der Waals surface area (Å²) in [6.45, 7) is 0.0466. The summed E-state index contributed by atoms with van der Waals surface area (Å²) >= 11 is 0. The minimum absolute atomic E-state index is 0.0466. The van der Waals surface area contributed by atoms with Crippen LogP contribution in [-0.2, 0) is 0 Å². The van der Waals surface area contributed by atoms with Gasteiger partial charge in [0, 0.05) is 5.46 Å². The van der Waals surface area contributed by atoms with Gasteiger partial charge in [-0.1, -0.05) is 133 Å². The summed E-state index contributed by atoms with van der Waals surface area (Å²) in [5.41, 5.74) is 9.62. The van der Waals surface area contributed by atoms with Gasteiger partial charge >= 0.3 is 0 Å². The Kier molecular flexibility index (Phi) is 5.86. The Balaban J connectivity index is 1.02. The zero-order valence-electron chi connectivity index (χ0n) is 28.6. The van der Waals surface area contributed by atoms with Crippen molar-refractivity contribution in [3.63, 3.8) is 0 Å². The van der Waals surface area contributed by atoms with Gasteiger partial charge < -0.3 is 9.47 Å². The van der Waals surface area contributed by atoms with Crippen LogP contribution in [0.25, 0.3) is 65.7 Å². The summed E-state index contributed by atoms with van der Waals surface area (Å²) in [5, 5.41) is 7.48. The van der Waals surface area contributed by atoms with Crippen LogP contribution in [0.2, 0.25) is 0 Å². The molecule has 0 saturated heterocycles. The van der Waals surface area contributed by atoms with E-state index in [1.165, 1.54) is 32.3 Å². The van der Waals surface area contributed by atoms with Crippen LogP contribution in [0.3, 0.4) is 0 Å². The number of hydrogen-bond acceptors (Lipinski definition) is 2. The molecular formula is C48H29BO2. The molecule has 0 N–H and O–H groups in total. The molecule has 0 atom stereocenters. The molecule has 2 heterocycles. The number of ether oxygens (including phenoxy) is 2. The minimum Gasteiger partial charge on any atom is -0.458 e. The monoisotopic (exact) mass is 649 g/mol. The van der Waals surface area contributed by atoms with Gasteiger partial charge in [0.15, 0.2) is 0 Å². The van der Waals surface area contributed by atoms with Crippen LogP contribution in [0.1, 0.15) is 1.37 Å². The number of benzene rings is 9. The Labute approximate surface area is 297 Å². The van der Waals surface area contributed by atoms with E-state index in [-0.39, 0.29) is 6.71 Å². The maximum Gasteiger partial charge on any atom is 0.260 e. The third kappa shape index (κ3) is 4.38. The van der Waals surface area contributed by atoms with Gasteiger partial charge in [-0.2, -0.15) is 0 Å². The summed E-state index contributed by atoms with van der Waals surface area (Å²) in [4.78, 5) is 0. The number of rotatable bonds is 3. The fourth-order valence-electron chi connectivity index (χ4n) is 8.33. The fourth-order valence-corrected chi connectivity index (χ4v) is 8.33. The van der Waals surface area contributed by atoms with Crippen molar-refractivity contribution in [3.05, 3.63) is 176 Å². The average Bonchev–Trinajstić information content (AvgIpc) is 3.20. The predicted molar refractivity (Wildman–Crippen MR) is 213 cm³/mol. The van der Waals surface area contributed by atoms with Gasteiger partial charge in [0.2, 0.25) is 0 Å². The van der Waals surface area contributed by atoms with Gasteiger partial charge in [0.05, 0.1) is 1.37 Å². The van der Waals surface area contributed by atoms with Crippen LogP contribution in [0.4, 0.5) is 0 Å². The standard InChI is InChI=1S/C48H29BO2/c1-2-17-38-36(15-1)37-16-3-4-18-39(37)41-27-34(23-24-40(38)41)32-13-9-11-30(25-32)31-12-10-14-33(26-31)35-28-46-48-47(29-35)51-45-22-8-6-20-43(45)49(48)42-19-5-7-21-44(42)50-46/h1-29H/i9D. The molecule has 0 radical (unpaired) electrons. The third-order valence-corrected chi connectivity index (χ3v) is 10.7. The van der Waals surface area contributed by atoms with Gasteiger partial charge in [-0.05, 0) is 119 Å². The van der Waals surface area contributed by atoms with Crippen LogP contribution < -0.4 is 25.9 Å². The number of para-hydroxylation sites is 2. The Morgan fingerprint density at radius 2 is 0.784 bits per heavy atom. The van der Waals surface area contributed by atoms with Crippen LogP contribution in [0, 0.1) is 0 Å². The molecule has 0 bridgehead atoms. The Bertz CT molecular complexity index is 2840. The first kappa shape index (κ1) is 27.3. The summed E-state index contributed by atoms with van der Waals surface area (Å²) in [6.07, 6.45) is 0. The molecule has 0 spiro atoms. The molecule has 236 valence electrons. The highest BCUT2D eigenvalue weighted by molar-refractivity contribution is 6.98. The first-order chi connectivity index (χ1) is 25.7. The van der Waals surface area contributed by atoms with E-state index in [9.17, 15) is 0 Å². The van der Waals surface area contributed by atoms with Crippen molar-refractivity contribution in [2.24, 2.45) is 0 Å². The van der Waals surface area contributed by atoms with E-state index in [0.29, 0.717) is 6.04 Å². The Morgan fingerprint density at radius 1 is 0.333 bits per heavy atom. The van der Waals surface area contributed by atoms with Crippen molar-refractivity contribution >= 4 is 55.4 Å². The molecule has 0 fully saturated rings. The predicted octanol–water partition coefficient (Wildman–Crippen LogP) is 10.9. The van der Waals surface area contributed by atoms with Crippen LogP contribution in [-0.4, -0.2) is 6.71 Å². The Hall–Kier alpha value is -6.58. The molecule has 2 aliphatic rings. The molecule has 11 rings (SSSR count). The van der Waals surface area contributed by atoms with Crippen LogP contribution in [0.5, 0.6) is 23.0 Å². The van der Waals surface area contributed by atoms with Crippen molar-refractivity contribution in [1.29, 1.82) is 0 Å². The molecule has 0 aliphatic carbocycles. The zero-order valence-corrected chi connectivity index (χ0v) is 27.6. The lowest BCUT2D eigenvalue weighted by Crippen LogP contribution is -2.57. The highest BCUT2D eigenvalue weighted by Crippen LogP contribution is 2.40. The van der Waals surface area contributed by atoms with Gasteiger partial charge in [-0.3, -0.25) is 0 Å². The van der Waals surface area contributed by atoms with Gasteiger partial charge in [0.25, 0.3) is 6.71 Å². The fraction of sp³-hybridized carbons (Fsp3) is 0. The van der Waals surface area contributed by atoms with Gasteiger partial charge in [0.1, 0.15) is 23.0 Å². The maximum atomic E-state index is 8.86. The molecule has 2 nitrogen and oxygen atoms in total. The van der Waals surface area contributed by atoms with E-state index in [2.05, 4.69) is 146 Å². The summed E-state index contributed by atoms with van der Waals surface area (Å²) in [6, 6.07) is 60.1. The molecule has 0 amide bonds. The van der Waals surface area contributed by atoms with E-state index in [1.807, 2.05) is 24.3 Å². The summed E-state index contributed by atoms with van der Waals surface area (Å²) in [7, 11) is 0. The number of fused-ring (bicyclic) bond motifs is 10. The highest BCUT2D eigenvalue weighted by atomic mass is 16.5. The molecule has 0 unspecified atom stereocenters. The van der Waals surface area contributed by atoms with Gasteiger partial charge in [-0.15, -0.1) is 0 Å². The zero-order chi connectivity index (χ0) is 34.3. The summed E-state index contributed by atoms with van der Waals surface area (Å²) < 4.78 is 22.0. The van der Waals surface area contributed by atoms with Crippen molar-refractivity contribution in [2.45, 2.75) is 0 Å². The van der Waals surface area contributed by atoms with Crippen molar-refractivity contribution in [2.75, 3.05) is 0 Å². The number of hydrogen-bond donors (Lipinski definition) is 0. The molecule has 9 aromatic carbocycles. The first-order valence-corrected chi connectivity index (χ1v) is 17.4. The lowest BCUT2D eigenvalue weighted by molar-refractivity contribution is 0.465. The topological polar surface area (TPSA) is 18.5 Å². The second-order valence-corrected chi connectivity index (χ2v) is 13.5. The van der Waals surface area contributed by atoms with Crippen LogP contribution >= 0.6 is 0 Å². The molecule has 0 aromatic heterocycles. The molecule has 2 aliphatic heterocycles. The second kappa shape index (κ2) is 11.0. The van der Waals surface area contributed by atoms with Crippen molar-refractivity contribution in [1.82, 2.24) is 0 Å². The largest absolute Gasteiger partial charge is 0.458 e. The van der Waals surface area contributed by atoms with Crippen LogP contribution in [0.15, 0.2) is 176 Å². The first-order valence-electron chi connectivity index (χ1n) is 17.9. The second-order valence-electron chi connectivity index (χ2n) is 13.5. The molecule has 9 aromatic rings. The quantitative estimate of drug-likeness (QED) is 0.140. The smallest absolute Gasteiger partial charge is 0.260 e. The van der Waals surface area contributed by atoms with E-state index in [0.717, 1.165) is 72.8 Å². The summed E-state index contributed by atoms with van der Waals surface area (Å²) in [5.74, 6) is 3.40. The van der Waals surface area contributed by atoms with E-state index < -0.39 is 0 Å². The normalized spacial score (nSPS) is 12.9. The van der Waals surface area contributed by atoms with Crippen molar-refractivity contribution < 1.29 is 10.8 Å². The van der Waals surface area contributed by atoms with E-state index >= 15 is 0 Å². The minimum atomic E-state index is 0.0466. The Morgan fingerprint density at radius 3 is 1.37 bits per heavy atom. The third-order valence-electron chi connectivity index (χ3n) is 10.7. The molecule has 3 heteroatoms. The molecule has 51 heavy (non-hydrogen) atoms. The van der Waals surface area contributed by atoms with E-state index in [1.54, 1.807) is 0 Å². The maximum absolute atomic E-state index is 8.86. The molecular weight excluding hydrogens is 619 g/mol. The molecule has 0 saturated carbocycles. The lowest BCUT2D eigenvalue weighted by Gasteiger charge is -2.33. The SMILES string of the molecule is [2H]c1cc(-c2cccc(-c3cc4c5c(c3)Oc3ccccc3B5c3ccccc3O4)c2)cc(-c2ccc3c4ccccc4c4ccccc4c3c2)c1.